The van der Waals surface area contributed by atoms with E-state index in [1.807, 2.05) is 29.2 Å². The van der Waals surface area contributed by atoms with Crippen LogP contribution in [-0.4, -0.2) is 34.6 Å². The molecule has 1 aliphatic heterocycles. The van der Waals surface area contributed by atoms with Crippen molar-refractivity contribution in [1.29, 1.82) is 0 Å². The third kappa shape index (κ3) is 4.91. The van der Waals surface area contributed by atoms with Crippen molar-refractivity contribution in [1.82, 2.24) is 15.0 Å². The van der Waals surface area contributed by atoms with Crippen LogP contribution in [0.5, 0.6) is 5.75 Å². The van der Waals surface area contributed by atoms with Gasteiger partial charge in [0.15, 0.2) is 0 Å². The number of nitrogens with zero attached hydrogens (tertiary/aromatic N) is 3. The second-order valence-corrected chi connectivity index (χ2v) is 9.01. The molecule has 1 saturated heterocycles. The molecule has 3 rings (SSSR count). The molecule has 0 N–H and O–H groups in total. The van der Waals surface area contributed by atoms with E-state index in [1.54, 1.807) is 7.11 Å². The smallest absolute Gasteiger partial charge is 0.249 e. The Kier molecular flexibility index (Phi) is 6.06. The van der Waals surface area contributed by atoms with E-state index in [2.05, 4.69) is 37.8 Å². The molecule has 0 unspecified atom stereocenters. The zero-order valence-corrected chi connectivity index (χ0v) is 17.6. The van der Waals surface area contributed by atoms with Crippen LogP contribution < -0.4 is 4.74 Å². The van der Waals surface area contributed by atoms with Crippen molar-refractivity contribution >= 4 is 5.91 Å². The van der Waals surface area contributed by atoms with Crippen LogP contribution in [0, 0.1) is 11.3 Å². The second kappa shape index (κ2) is 8.33. The Labute approximate surface area is 167 Å². The molecule has 1 aliphatic rings. The molecule has 1 fully saturated rings. The van der Waals surface area contributed by atoms with Crippen LogP contribution in [0.2, 0.25) is 0 Å². The SMILES string of the molecule is COc1cccc(-c2noc([C@@H]3CCCN3C(=O)C[C@H](C)CC(C)(C)C)n2)c1. The number of carbonyl (C=O) groups is 1. The van der Waals surface area contributed by atoms with Crippen LogP contribution in [-0.2, 0) is 4.79 Å². The highest BCUT2D eigenvalue weighted by Crippen LogP contribution is 2.34. The van der Waals surface area contributed by atoms with Crippen LogP contribution in [0.1, 0.15) is 65.3 Å². The Hall–Kier alpha value is -2.37. The van der Waals surface area contributed by atoms with Crippen molar-refractivity contribution in [3.8, 4) is 17.1 Å². The molecular formula is C22H31N3O3. The largest absolute Gasteiger partial charge is 0.497 e. The first-order valence-electron chi connectivity index (χ1n) is 10.0. The molecule has 0 aliphatic carbocycles. The maximum Gasteiger partial charge on any atom is 0.249 e. The lowest BCUT2D eigenvalue weighted by atomic mass is 9.84. The third-order valence-electron chi connectivity index (χ3n) is 5.11. The van der Waals surface area contributed by atoms with E-state index in [1.165, 1.54) is 0 Å². The van der Waals surface area contributed by atoms with Crippen molar-refractivity contribution in [2.45, 2.75) is 59.4 Å². The predicted molar refractivity (Wildman–Crippen MR) is 108 cm³/mol. The fourth-order valence-corrected chi connectivity index (χ4v) is 4.10. The zero-order valence-electron chi connectivity index (χ0n) is 17.6. The lowest BCUT2D eigenvalue weighted by Crippen LogP contribution is -2.32. The van der Waals surface area contributed by atoms with Crippen LogP contribution in [0.15, 0.2) is 28.8 Å². The fraction of sp³-hybridized carbons (Fsp3) is 0.591. The first-order valence-corrected chi connectivity index (χ1v) is 10.0. The number of ether oxygens (including phenoxy) is 1. The van der Waals surface area contributed by atoms with E-state index in [0.29, 0.717) is 24.1 Å². The van der Waals surface area contributed by atoms with Crippen LogP contribution >= 0.6 is 0 Å². The maximum atomic E-state index is 12.9. The van der Waals surface area contributed by atoms with Crippen LogP contribution in [0.25, 0.3) is 11.4 Å². The Morgan fingerprint density at radius 3 is 2.89 bits per heavy atom. The number of carbonyl (C=O) groups excluding carboxylic acids is 1. The molecule has 152 valence electrons. The summed E-state index contributed by atoms with van der Waals surface area (Å²) in [4.78, 5) is 19.4. The zero-order chi connectivity index (χ0) is 20.3. The Morgan fingerprint density at radius 1 is 1.39 bits per heavy atom. The number of likely N-dealkylation sites (tertiary alicyclic amines) is 1. The van der Waals surface area contributed by atoms with Crippen molar-refractivity contribution in [2.24, 2.45) is 11.3 Å². The molecule has 0 spiro atoms. The van der Waals surface area contributed by atoms with E-state index in [9.17, 15) is 4.79 Å². The van der Waals surface area contributed by atoms with Crippen LogP contribution in [0.3, 0.4) is 0 Å². The van der Waals surface area contributed by atoms with E-state index < -0.39 is 0 Å². The molecule has 1 aromatic heterocycles. The molecule has 6 nitrogen and oxygen atoms in total. The van der Waals surface area contributed by atoms with Gasteiger partial charge in [-0.2, -0.15) is 4.98 Å². The number of aromatic nitrogens is 2. The Bertz CT molecular complexity index is 809. The van der Waals surface area contributed by atoms with E-state index >= 15 is 0 Å². The minimum Gasteiger partial charge on any atom is -0.497 e. The average Bonchev–Trinajstić information content (AvgIpc) is 3.29. The predicted octanol–water partition coefficient (Wildman–Crippen LogP) is 4.87. The van der Waals surface area contributed by atoms with Crippen molar-refractivity contribution < 1.29 is 14.1 Å². The summed E-state index contributed by atoms with van der Waals surface area (Å²) in [5.41, 5.74) is 1.06. The van der Waals surface area contributed by atoms with Crippen LogP contribution in [0.4, 0.5) is 0 Å². The van der Waals surface area contributed by atoms with E-state index in [4.69, 9.17) is 9.26 Å². The normalized spacial score (nSPS) is 18.3. The minimum atomic E-state index is -0.124. The highest BCUT2D eigenvalue weighted by molar-refractivity contribution is 5.77. The molecule has 2 aromatic rings. The van der Waals surface area contributed by atoms with Gasteiger partial charge in [0.05, 0.1) is 7.11 Å². The topological polar surface area (TPSA) is 68.5 Å². The first kappa shape index (κ1) is 20.4. The highest BCUT2D eigenvalue weighted by atomic mass is 16.5. The molecule has 0 radical (unpaired) electrons. The van der Waals surface area contributed by atoms with E-state index in [0.717, 1.165) is 37.1 Å². The van der Waals surface area contributed by atoms with Crippen molar-refractivity contribution in [2.75, 3.05) is 13.7 Å². The van der Waals surface area contributed by atoms with Crippen molar-refractivity contribution in [3.05, 3.63) is 30.2 Å². The molecule has 6 heteroatoms. The van der Waals surface area contributed by atoms with Gasteiger partial charge in [-0.3, -0.25) is 4.79 Å². The molecule has 2 atom stereocenters. The highest BCUT2D eigenvalue weighted by Gasteiger charge is 2.34. The molecule has 0 saturated carbocycles. The molecule has 2 heterocycles. The summed E-state index contributed by atoms with van der Waals surface area (Å²) in [6.07, 6.45) is 3.41. The van der Waals surface area contributed by atoms with Gasteiger partial charge in [-0.1, -0.05) is 45.0 Å². The fourth-order valence-electron chi connectivity index (χ4n) is 4.10. The lowest BCUT2D eigenvalue weighted by molar-refractivity contribution is -0.133. The standard InChI is InChI=1S/C22H31N3O3/c1-15(14-22(2,3)4)12-19(26)25-11-7-10-18(25)21-23-20(24-28-21)16-8-6-9-17(13-16)27-5/h6,8-9,13,15,18H,7,10-12,14H2,1-5H3/t15-,18-/m0/s1. The lowest BCUT2D eigenvalue weighted by Gasteiger charge is -2.26. The summed E-state index contributed by atoms with van der Waals surface area (Å²) in [6, 6.07) is 7.44. The van der Waals surface area contributed by atoms with Gasteiger partial charge in [-0.05, 0) is 42.7 Å². The molecule has 1 amide bonds. The number of rotatable bonds is 6. The van der Waals surface area contributed by atoms with Gasteiger partial charge in [-0.15, -0.1) is 0 Å². The number of hydrogen-bond acceptors (Lipinski definition) is 5. The number of benzene rings is 1. The summed E-state index contributed by atoms with van der Waals surface area (Å²) in [7, 11) is 1.63. The van der Waals surface area contributed by atoms with Gasteiger partial charge >= 0.3 is 0 Å². The molecular weight excluding hydrogens is 354 g/mol. The Morgan fingerprint density at radius 2 is 2.18 bits per heavy atom. The first-order chi connectivity index (χ1) is 13.3. The quantitative estimate of drug-likeness (QED) is 0.709. The molecule has 28 heavy (non-hydrogen) atoms. The number of amides is 1. The van der Waals surface area contributed by atoms with Gasteiger partial charge in [0.25, 0.3) is 0 Å². The third-order valence-corrected chi connectivity index (χ3v) is 5.11. The van der Waals surface area contributed by atoms with Gasteiger partial charge in [0, 0.05) is 18.5 Å². The summed E-state index contributed by atoms with van der Waals surface area (Å²) >= 11 is 0. The second-order valence-electron chi connectivity index (χ2n) is 9.01. The Balaban J connectivity index is 1.71. The number of methoxy groups -OCH3 is 1. The van der Waals surface area contributed by atoms with Gasteiger partial charge < -0.3 is 14.2 Å². The molecule has 1 aromatic carbocycles. The molecule has 0 bridgehead atoms. The van der Waals surface area contributed by atoms with Gasteiger partial charge in [0.2, 0.25) is 17.6 Å². The monoisotopic (exact) mass is 385 g/mol. The number of hydrogen-bond donors (Lipinski definition) is 0. The summed E-state index contributed by atoms with van der Waals surface area (Å²) in [6.45, 7) is 9.55. The summed E-state index contributed by atoms with van der Waals surface area (Å²) < 4.78 is 10.8. The van der Waals surface area contributed by atoms with E-state index in [-0.39, 0.29) is 17.4 Å². The van der Waals surface area contributed by atoms with Crippen molar-refractivity contribution in [3.63, 3.8) is 0 Å². The average molecular weight is 386 g/mol. The van der Waals surface area contributed by atoms with Gasteiger partial charge in [0.1, 0.15) is 11.8 Å². The minimum absolute atomic E-state index is 0.124. The summed E-state index contributed by atoms with van der Waals surface area (Å²) in [5, 5.41) is 4.13. The van der Waals surface area contributed by atoms with Gasteiger partial charge in [-0.25, -0.2) is 0 Å². The summed E-state index contributed by atoms with van der Waals surface area (Å²) in [5.74, 6) is 2.32. The maximum absolute atomic E-state index is 12.9.